The number of nitrogens with zero attached hydrogens (tertiary/aromatic N) is 7. The minimum absolute atomic E-state index is 0.0253. The molecule has 2 aromatic carbocycles. The van der Waals surface area contributed by atoms with Crippen LogP contribution in [0, 0.1) is 11.6 Å². The molecular formula is C43H52ClF4N11O5. The lowest BCUT2D eigenvalue weighted by atomic mass is 10.0. The molecule has 1 aromatic heterocycles. The number of fused-ring (bicyclic) bond motifs is 1. The van der Waals surface area contributed by atoms with Gasteiger partial charge in [-0.3, -0.25) is 29.4 Å². The summed E-state index contributed by atoms with van der Waals surface area (Å²) in [5.41, 5.74) is 0.740. The molecule has 1 aliphatic carbocycles. The monoisotopic (exact) mass is 913 g/mol. The second-order valence-corrected chi connectivity index (χ2v) is 17.5. The lowest BCUT2D eigenvalue weighted by molar-refractivity contribution is -0.140. The van der Waals surface area contributed by atoms with Gasteiger partial charge in [-0.15, -0.1) is 0 Å². The van der Waals surface area contributed by atoms with Crippen molar-refractivity contribution in [2.75, 3.05) is 98.4 Å². The van der Waals surface area contributed by atoms with E-state index in [0.29, 0.717) is 56.6 Å². The molecule has 64 heavy (non-hydrogen) atoms. The highest BCUT2D eigenvalue weighted by molar-refractivity contribution is 6.33. The van der Waals surface area contributed by atoms with E-state index in [1.54, 1.807) is 6.07 Å². The maximum Gasteiger partial charge on any atom is 0.342 e. The number of carbonyl (C=O) groups excluding carboxylic acids is 4. The van der Waals surface area contributed by atoms with Crippen LogP contribution in [0.2, 0.25) is 5.02 Å². The molecule has 4 N–H and O–H groups in total. The summed E-state index contributed by atoms with van der Waals surface area (Å²) in [5.74, 6) is -7.34. The number of aromatic nitrogens is 2. The van der Waals surface area contributed by atoms with Crippen LogP contribution in [0.5, 0.6) is 5.75 Å². The van der Waals surface area contributed by atoms with Gasteiger partial charge in [-0.1, -0.05) is 24.4 Å². The molecule has 0 bridgehead atoms. The standard InChI is InChI=1S/C43H52ClF4N11O5/c1-55-35-23-49-42(54-38(35)59(26-5-3-4-6-26)24-43(47,48)41(55)63)52-33-21-29(45)27(19-36(33)64-2)39(61)50-25-9-11-56(12-10-25)13-14-57-15-17-58(18-16-57)34-20-28(44)32(22-30(34)46)51-31-7-8-37(60)53-40(31)62/h19-23,25-26,31,51H,3-18,24H2,1-2H3,(H,50,61)(H,49,52,54)(H,53,60,62). The van der Waals surface area contributed by atoms with Gasteiger partial charge in [-0.2, -0.15) is 13.8 Å². The second kappa shape index (κ2) is 18.9. The van der Waals surface area contributed by atoms with E-state index in [0.717, 1.165) is 63.1 Å². The summed E-state index contributed by atoms with van der Waals surface area (Å²) >= 11 is 6.50. The molecule has 3 aromatic rings. The van der Waals surface area contributed by atoms with Gasteiger partial charge in [0, 0.05) is 90.0 Å². The van der Waals surface area contributed by atoms with Crippen molar-refractivity contribution in [1.82, 2.24) is 30.4 Å². The van der Waals surface area contributed by atoms with Crippen molar-refractivity contribution < 1.29 is 41.5 Å². The van der Waals surface area contributed by atoms with Gasteiger partial charge in [-0.25, -0.2) is 13.8 Å². The summed E-state index contributed by atoms with van der Waals surface area (Å²) in [4.78, 5) is 67.5. The Labute approximate surface area is 373 Å². The van der Waals surface area contributed by atoms with Crippen LogP contribution in [0.15, 0.2) is 30.5 Å². The SMILES string of the molecule is COc1cc(C(=O)NC2CCN(CCN3CCN(c4cc(Cl)c(NC5CCC(=O)NC5=O)cc4F)CC3)CC2)c(F)cc1Nc1ncc2c(n1)N(C1CCCC1)CC(F)(F)C(=O)N2C. The Morgan fingerprint density at radius 3 is 2.28 bits per heavy atom. The van der Waals surface area contributed by atoms with E-state index in [-0.39, 0.29) is 63.9 Å². The third-order valence-electron chi connectivity index (χ3n) is 12.9. The van der Waals surface area contributed by atoms with Gasteiger partial charge in [0.05, 0.1) is 47.5 Å². The maximum atomic E-state index is 15.7. The summed E-state index contributed by atoms with van der Waals surface area (Å²) in [5, 5.41) is 11.4. The van der Waals surface area contributed by atoms with Crippen LogP contribution in [0.25, 0.3) is 0 Å². The zero-order valence-corrected chi connectivity index (χ0v) is 36.5. The van der Waals surface area contributed by atoms with Crippen molar-refractivity contribution in [1.29, 1.82) is 0 Å². The molecule has 1 atom stereocenters. The number of halogens is 5. The molecule has 0 spiro atoms. The fourth-order valence-electron chi connectivity index (χ4n) is 9.19. The Kier molecular flexibility index (Phi) is 13.3. The predicted molar refractivity (Wildman–Crippen MR) is 233 cm³/mol. The van der Waals surface area contributed by atoms with E-state index in [2.05, 4.69) is 41.0 Å². The normalized spacial score (nSPS) is 21.4. The Bertz CT molecular complexity index is 2270. The molecule has 8 rings (SSSR count). The molecule has 4 aliphatic heterocycles. The molecule has 4 fully saturated rings. The highest BCUT2D eigenvalue weighted by Crippen LogP contribution is 2.40. The first-order chi connectivity index (χ1) is 30.7. The van der Waals surface area contributed by atoms with Crippen LogP contribution in [0.4, 0.5) is 52.1 Å². The van der Waals surface area contributed by atoms with Gasteiger partial charge in [0.1, 0.15) is 29.1 Å². The van der Waals surface area contributed by atoms with E-state index in [9.17, 15) is 19.2 Å². The summed E-state index contributed by atoms with van der Waals surface area (Å²) in [6.45, 7) is 4.95. The van der Waals surface area contributed by atoms with E-state index in [1.807, 2.05) is 4.90 Å². The fraction of sp³-hybridized carbons (Fsp3) is 0.535. The molecule has 21 heteroatoms. The number of piperazine rings is 1. The molecular weight excluding hydrogens is 862 g/mol. The lowest BCUT2D eigenvalue weighted by Crippen LogP contribution is -2.50. The number of piperidine rings is 2. The predicted octanol–water partition coefficient (Wildman–Crippen LogP) is 4.75. The largest absolute Gasteiger partial charge is 0.495 e. The van der Waals surface area contributed by atoms with Crippen molar-refractivity contribution in [2.24, 2.45) is 0 Å². The number of alkyl halides is 2. The van der Waals surface area contributed by atoms with Crippen LogP contribution in [-0.2, 0) is 14.4 Å². The molecule has 4 amide bonds. The van der Waals surface area contributed by atoms with Crippen molar-refractivity contribution >= 4 is 69.7 Å². The third kappa shape index (κ3) is 9.78. The number of rotatable bonds is 12. The maximum absolute atomic E-state index is 15.7. The van der Waals surface area contributed by atoms with Crippen molar-refractivity contribution in [3.63, 3.8) is 0 Å². The second-order valence-electron chi connectivity index (χ2n) is 17.0. The first-order valence-electron chi connectivity index (χ1n) is 21.7. The smallest absolute Gasteiger partial charge is 0.342 e. The summed E-state index contributed by atoms with van der Waals surface area (Å²) in [7, 11) is 2.64. The summed E-state index contributed by atoms with van der Waals surface area (Å²) in [6.07, 6.45) is 6.23. The zero-order chi connectivity index (χ0) is 45.3. The van der Waals surface area contributed by atoms with Crippen molar-refractivity contribution in [2.45, 2.75) is 75.4 Å². The quantitative estimate of drug-likeness (QED) is 0.145. The van der Waals surface area contributed by atoms with Crippen LogP contribution in [0.3, 0.4) is 0 Å². The number of nitrogens with one attached hydrogen (secondary N) is 4. The lowest BCUT2D eigenvalue weighted by Gasteiger charge is -2.38. The number of hydrogen-bond acceptors (Lipinski definition) is 13. The van der Waals surface area contributed by atoms with Gasteiger partial charge >= 0.3 is 5.92 Å². The molecule has 0 radical (unpaired) electrons. The highest BCUT2D eigenvalue weighted by Gasteiger charge is 2.49. The van der Waals surface area contributed by atoms with Gasteiger partial charge in [0.25, 0.3) is 11.8 Å². The molecule has 1 unspecified atom stereocenters. The zero-order valence-electron chi connectivity index (χ0n) is 35.7. The number of hydrogen-bond donors (Lipinski definition) is 4. The molecule has 5 heterocycles. The van der Waals surface area contributed by atoms with Crippen LogP contribution in [0.1, 0.15) is 61.7 Å². The summed E-state index contributed by atoms with van der Waals surface area (Å²) < 4.78 is 66.6. The van der Waals surface area contributed by atoms with Gasteiger partial charge in [-0.05, 0) is 44.2 Å². The van der Waals surface area contributed by atoms with E-state index in [4.69, 9.17) is 16.3 Å². The molecule has 3 saturated heterocycles. The Balaban J connectivity index is 0.812. The van der Waals surface area contributed by atoms with Crippen LogP contribution < -0.4 is 40.7 Å². The topological polar surface area (TPSA) is 168 Å². The number of methoxy groups -OCH3 is 1. The summed E-state index contributed by atoms with van der Waals surface area (Å²) in [6, 6.07) is 4.18. The number of likely N-dealkylation sites (tertiary alicyclic amines) is 1. The number of carbonyl (C=O) groups is 4. The van der Waals surface area contributed by atoms with E-state index < -0.39 is 47.9 Å². The third-order valence-corrected chi connectivity index (χ3v) is 13.2. The Hall–Kier alpha value is -5.47. The van der Waals surface area contributed by atoms with Crippen molar-refractivity contribution in [3.8, 4) is 5.75 Å². The fourth-order valence-corrected chi connectivity index (χ4v) is 9.40. The minimum Gasteiger partial charge on any atom is -0.495 e. The number of benzene rings is 2. The van der Waals surface area contributed by atoms with Gasteiger partial charge < -0.3 is 40.3 Å². The van der Waals surface area contributed by atoms with Crippen LogP contribution >= 0.6 is 11.6 Å². The van der Waals surface area contributed by atoms with E-state index in [1.165, 1.54) is 37.4 Å². The number of amides is 4. The first kappa shape index (κ1) is 45.1. The molecule has 16 nitrogen and oxygen atoms in total. The number of ether oxygens (including phenoxy) is 1. The van der Waals surface area contributed by atoms with Gasteiger partial charge in [0.15, 0.2) is 5.82 Å². The Morgan fingerprint density at radius 1 is 0.906 bits per heavy atom. The van der Waals surface area contributed by atoms with Crippen LogP contribution in [-0.4, -0.2) is 141 Å². The average molecular weight is 914 g/mol. The number of anilines is 6. The average Bonchev–Trinajstić information content (AvgIpc) is 3.80. The van der Waals surface area contributed by atoms with E-state index >= 15 is 17.6 Å². The first-order valence-corrected chi connectivity index (χ1v) is 22.1. The Morgan fingerprint density at radius 2 is 1.59 bits per heavy atom. The van der Waals surface area contributed by atoms with Gasteiger partial charge in [0.2, 0.25) is 17.8 Å². The molecule has 5 aliphatic rings. The highest BCUT2D eigenvalue weighted by atomic mass is 35.5. The molecule has 344 valence electrons. The minimum atomic E-state index is -3.63. The van der Waals surface area contributed by atoms with Crippen molar-refractivity contribution in [3.05, 3.63) is 52.7 Å². The number of imide groups is 1. The molecule has 1 saturated carbocycles.